The molecular formula is C64H34O2. The Morgan fingerprint density at radius 2 is 0.591 bits per heavy atom. The van der Waals surface area contributed by atoms with E-state index in [4.69, 9.17) is 8.83 Å². The predicted octanol–water partition coefficient (Wildman–Crippen LogP) is 18.5. The Labute approximate surface area is 377 Å². The molecule has 0 amide bonds. The summed E-state index contributed by atoms with van der Waals surface area (Å²) in [6, 6.07) is 75.7. The van der Waals surface area contributed by atoms with E-state index in [0.717, 1.165) is 44.2 Å². The van der Waals surface area contributed by atoms with Crippen LogP contribution in [-0.4, -0.2) is 0 Å². The maximum Gasteiger partial charge on any atom is 0.136 e. The van der Waals surface area contributed by atoms with Crippen molar-refractivity contribution in [1.29, 1.82) is 0 Å². The molecule has 0 atom stereocenters. The summed E-state index contributed by atoms with van der Waals surface area (Å²) in [5, 5.41) is 19.4. The lowest BCUT2D eigenvalue weighted by Crippen LogP contribution is -1.98. The third-order valence-corrected chi connectivity index (χ3v) is 14.9. The molecule has 0 aromatic heterocycles. The van der Waals surface area contributed by atoms with Gasteiger partial charge < -0.3 is 8.83 Å². The number of fused-ring (bicyclic) bond motifs is 4. The lowest BCUT2D eigenvalue weighted by molar-refractivity contribution is 0.647. The van der Waals surface area contributed by atoms with Crippen molar-refractivity contribution in [1.82, 2.24) is 0 Å². The fraction of sp³-hybridized carbons (Fsp3) is 0. The van der Waals surface area contributed by atoms with Crippen molar-refractivity contribution in [3.05, 3.63) is 206 Å². The van der Waals surface area contributed by atoms with E-state index in [1.165, 1.54) is 120 Å². The van der Waals surface area contributed by atoms with Crippen molar-refractivity contribution < 1.29 is 8.83 Å². The molecule has 0 fully saturated rings. The first-order valence-electron chi connectivity index (χ1n) is 22.8. The minimum Gasteiger partial charge on any atom is -0.456 e. The van der Waals surface area contributed by atoms with Crippen LogP contribution in [0.2, 0.25) is 0 Å². The summed E-state index contributed by atoms with van der Waals surface area (Å²) in [7, 11) is 0. The van der Waals surface area contributed by atoms with Gasteiger partial charge >= 0.3 is 0 Å². The molecule has 0 saturated heterocycles. The van der Waals surface area contributed by atoms with Crippen LogP contribution >= 0.6 is 0 Å². The molecule has 302 valence electrons. The van der Waals surface area contributed by atoms with Crippen molar-refractivity contribution >= 4 is 109 Å². The lowest BCUT2D eigenvalue weighted by Gasteiger charge is -2.24. The highest BCUT2D eigenvalue weighted by atomic mass is 16.3. The Morgan fingerprint density at radius 3 is 1.03 bits per heavy atom. The summed E-state index contributed by atoms with van der Waals surface area (Å²) < 4.78 is 14.5. The molecule has 0 N–H and O–H groups in total. The van der Waals surface area contributed by atoms with Gasteiger partial charge in [-0.15, -0.1) is 0 Å². The quantitative estimate of drug-likeness (QED) is 0.130. The van der Waals surface area contributed by atoms with Gasteiger partial charge in [-0.3, -0.25) is 0 Å². The molecule has 2 heteroatoms. The first kappa shape index (κ1) is 34.7. The monoisotopic (exact) mass is 834 g/mol. The minimum absolute atomic E-state index is 0.863. The zero-order valence-electron chi connectivity index (χ0n) is 35.4. The Bertz CT molecular complexity index is 4310. The van der Waals surface area contributed by atoms with Gasteiger partial charge in [0.1, 0.15) is 22.3 Å². The smallest absolute Gasteiger partial charge is 0.136 e. The van der Waals surface area contributed by atoms with E-state index in [1.807, 2.05) is 0 Å². The van der Waals surface area contributed by atoms with Crippen molar-refractivity contribution in [2.45, 2.75) is 0 Å². The van der Waals surface area contributed by atoms with Gasteiger partial charge in [0.05, 0.1) is 0 Å². The van der Waals surface area contributed by atoms with Gasteiger partial charge in [0.2, 0.25) is 0 Å². The molecule has 2 aliphatic rings. The van der Waals surface area contributed by atoms with Crippen molar-refractivity contribution in [2.75, 3.05) is 0 Å². The summed E-state index contributed by atoms with van der Waals surface area (Å²) in [6.07, 6.45) is 0. The average Bonchev–Trinajstić information content (AvgIpc) is 3.38. The third-order valence-electron chi connectivity index (χ3n) is 14.9. The van der Waals surface area contributed by atoms with Crippen LogP contribution in [-0.2, 0) is 0 Å². The Balaban J connectivity index is 1.02. The fourth-order valence-electron chi connectivity index (χ4n) is 12.2. The zero-order chi connectivity index (χ0) is 42.8. The van der Waals surface area contributed by atoms with Crippen molar-refractivity contribution in [2.24, 2.45) is 0 Å². The highest BCUT2D eigenvalue weighted by Gasteiger charge is 2.30. The molecule has 0 aliphatic carbocycles. The highest BCUT2D eigenvalue weighted by Crippen LogP contribution is 2.55. The molecule has 0 spiro atoms. The van der Waals surface area contributed by atoms with Crippen LogP contribution in [0.15, 0.2) is 215 Å². The van der Waals surface area contributed by atoms with Gasteiger partial charge in [-0.2, -0.15) is 0 Å². The molecule has 2 nitrogen and oxygen atoms in total. The number of benzene rings is 14. The van der Waals surface area contributed by atoms with Crippen molar-refractivity contribution in [3.8, 4) is 55.6 Å². The molecular weight excluding hydrogens is 801 g/mol. The number of rotatable bonds is 4. The zero-order valence-corrected chi connectivity index (χ0v) is 35.4. The molecule has 66 heavy (non-hydrogen) atoms. The molecule has 16 rings (SSSR count). The standard InChI is InChI=1S/C64H34O2/c1-3-13-35(14-4-1)41-19-7-9-21-43(41)39-29-37-17-11-23-45-47-25-27-53-61-59(47)51(49(31-39)57(37)45)33-55-63(61)64-56(66-53)34-52-50-32-40(44-22-10-8-20-42(44)36-15-5-2-6-16-36)30-38-18-12-24-46(58(38)50)48-26-28-54(65-55)62(64)60(48)52/h1-34H. The Kier molecular flexibility index (Phi) is 6.58. The second kappa shape index (κ2) is 12.5. The molecule has 0 unspecified atom stereocenters. The largest absolute Gasteiger partial charge is 0.456 e. The van der Waals surface area contributed by atoms with Crippen LogP contribution in [0.5, 0.6) is 0 Å². The van der Waals surface area contributed by atoms with Crippen molar-refractivity contribution in [3.63, 3.8) is 0 Å². The topological polar surface area (TPSA) is 26.3 Å². The van der Waals surface area contributed by atoms with Crippen LogP contribution in [0.25, 0.3) is 164 Å². The first-order valence-corrected chi connectivity index (χ1v) is 22.8. The molecule has 14 aromatic rings. The predicted molar refractivity (Wildman–Crippen MR) is 278 cm³/mol. The van der Waals surface area contributed by atoms with Gasteiger partial charge in [0.15, 0.2) is 0 Å². The molecule has 0 bridgehead atoms. The van der Waals surface area contributed by atoms with Gasteiger partial charge in [-0.25, -0.2) is 0 Å². The van der Waals surface area contributed by atoms with E-state index in [-0.39, 0.29) is 0 Å². The summed E-state index contributed by atoms with van der Waals surface area (Å²) in [5.74, 6) is 0. The maximum atomic E-state index is 7.26. The Hall–Kier alpha value is -8.72. The van der Waals surface area contributed by atoms with Gasteiger partial charge in [-0.05, 0) is 170 Å². The summed E-state index contributed by atoms with van der Waals surface area (Å²) >= 11 is 0. The second-order valence-corrected chi connectivity index (χ2v) is 18.2. The molecule has 0 radical (unpaired) electrons. The van der Waals surface area contributed by atoms with Gasteiger partial charge in [-0.1, -0.05) is 146 Å². The van der Waals surface area contributed by atoms with Crippen LogP contribution in [0.1, 0.15) is 0 Å². The SMILES string of the molecule is c1ccc(-c2ccccc2-c2cc3cccc4c5ccc6oc7cc8c9cc(-c%10ccccc%10-c%10ccccc%10)cc%10cccc(c%11ccc%12oc%13cc(c(c2)c34)c5c6c%13-c7c%12c%118)c%109)cc1. The Morgan fingerprint density at radius 1 is 0.212 bits per heavy atom. The fourth-order valence-corrected chi connectivity index (χ4v) is 12.2. The van der Waals surface area contributed by atoms with E-state index in [9.17, 15) is 0 Å². The van der Waals surface area contributed by atoms with Crippen LogP contribution in [0.4, 0.5) is 0 Å². The molecule has 0 saturated carbocycles. The first-order chi connectivity index (χ1) is 32.7. The number of hydrogen-bond acceptors (Lipinski definition) is 2. The molecule has 14 aromatic carbocycles. The van der Waals surface area contributed by atoms with E-state index in [0.29, 0.717) is 0 Å². The van der Waals surface area contributed by atoms with Crippen LogP contribution in [0, 0.1) is 0 Å². The maximum absolute atomic E-state index is 7.26. The minimum atomic E-state index is 0.863. The third kappa shape index (κ3) is 4.45. The lowest BCUT2D eigenvalue weighted by atomic mass is 9.81. The molecule has 2 heterocycles. The average molecular weight is 835 g/mol. The second-order valence-electron chi connectivity index (χ2n) is 18.2. The van der Waals surface area contributed by atoms with E-state index < -0.39 is 0 Å². The van der Waals surface area contributed by atoms with E-state index in [1.54, 1.807) is 0 Å². The highest BCUT2D eigenvalue weighted by molar-refractivity contribution is 6.42. The van der Waals surface area contributed by atoms with Gasteiger partial charge in [0.25, 0.3) is 0 Å². The molecule has 2 aliphatic heterocycles. The summed E-state index contributed by atoms with van der Waals surface area (Å²) in [4.78, 5) is 0. The van der Waals surface area contributed by atoms with E-state index in [2.05, 4.69) is 206 Å². The summed E-state index contributed by atoms with van der Waals surface area (Å²) in [6.45, 7) is 0. The van der Waals surface area contributed by atoms with Crippen LogP contribution in [0.3, 0.4) is 0 Å². The summed E-state index contributed by atoms with van der Waals surface area (Å²) in [5.41, 5.74) is 15.4. The van der Waals surface area contributed by atoms with Crippen LogP contribution < -0.4 is 0 Å². The normalized spacial score (nSPS) is 12.5. The van der Waals surface area contributed by atoms with E-state index >= 15 is 0 Å². The van der Waals surface area contributed by atoms with Gasteiger partial charge in [0, 0.05) is 32.7 Å². The number of hydrogen-bond donors (Lipinski definition) is 0.